The summed E-state index contributed by atoms with van der Waals surface area (Å²) in [4.78, 5) is 2.63. The topological polar surface area (TPSA) is 15.3 Å². The predicted octanol–water partition coefficient (Wildman–Crippen LogP) is 4.50. The Kier molecular flexibility index (Phi) is 7.01. The van der Waals surface area contributed by atoms with Gasteiger partial charge in [0.2, 0.25) is 0 Å². The molecule has 1 unspecified atom stereocenters. The van der Waals surface area contributed by atoms with Crippen molar-refractivity contribution in [2.75, 3.05) is 26.7 Å². The van der Waals surface area contributed by atoms with E-state index >= 15 is 0 Å². The lowest BCUT2D eigenvalue weighted by Crippen LogP contribution is -2.35. The smallest absolute Gasteiger partial charge is 0.0409 e. The number of benzene rings is 1. The van der Waals surface area contributed by atoms with E-state index < -0.39 is 0 Å². The van der Waals surface area contributed by atoms with Gasteiger partial charge in [0.25, 0.3) is 0 Å². The molecule has 1 aromatic rings. The molecule has 0 bridgehead atoms. The minimum atomic E-state index is 0.400. The Morgan fingerprint density at radius 3 is 2.71 bits per heavy atom. The fraction of sp³-hybridized carbons (Fsp3) is 0.667. The molecule has 1 aliphatic heterocycles. The highest BCUT2D eigenvalue weighted by Crippen LogP contribution is 2.24. The van der Waals surface area contributed by atoms with Gasteiger partial charge in [-0.3, -0.25) is 0 Å². The second kappa shape index (κ2) is 8.77. The standard InChI is InChI=1S/C18H29ClN2/c1-3-5-15-8-11-21(12-9-15)13-10-18(20-2)16-6-4-7-17(19)14-16/h4,6-7,14-15,18,20H,3,5,8-13H2,1-2H3. The van der Waals surface area contributed by atoms with E-state index in [1.807, 2.05) is 19.2 Å². The normalized spacial score (nSPS) is 18.8. The first-order valence-electron chi connectivity index (χ1n) is 8.38. The van der Waals surface area contributed by atoms with Gasteiger partial charge in [-0.25, -0.2) is 0 Å². The minimum Gasteiger partial charge on any atom is -0.313 e. The first-order valence-corrected chi connectivity index (χ1v) is 8.75. The molecule has 1 fully saturated rings. The van der Waals surface area contributed by atoms with Gasteiger partial charge in [0.1, 0.15) is 0 Å². The Morgan fingerprint density at radius 1 is 1.33 bits per heavy atom. The molecule has 1 aliphatic rings. The van der Waals surface area contributed by atoms with Crippen molar-refractivity contribution in [3.63, 3.8) is 0 Å². The molecule has 1 saturated heterocycles. The average Bonchev–Trinajstić information content (AvgIpc) is 2.50. The zero-order valence-corrected chi connectivity index (χ0v) is 14.2. The third-order valence-electron chi connectivity index (χ3n) is 4.74. The van der Waals surface area contributed by atoms with Gasteiger partial charge < -0.3 is 10.2 Å². The first-order chi connectivity index (χ1) is 10.2. The molecule has 2 rings (SSSR count). The Bertz CT molecular complexity index is 413. The second-order valence-corrected chi connectivity index (χ2v) is 6.70. The number of hydrogen-bond donors (Lipinski definition) is 1. The molecule has 0 amide bonds. The summed E-state index contributed by atoms with van der Waals surface area (Å²) in [5, 5.41) is 4.26. The highest BCUT2D eigenvalue weighted by atomic mass is 35.5. The van der Waals surface area contributed by atoms with E-state index in [9.17, 15) is 0 Å². The molecular weight excluding hydrogens is 280 g/mol. The van der Waals surface area contributed by atoms with Crippen LogP contribution in [0.5, 0.6) is 0 Å². The maximum Gasteiger partial charge on any atom is 0.0409 e. The Hall–Kier alpha value is -0.570. The lowest BCUT2D eigenvalue weighted by molar-refractivity contribution is 0.172. The van der Waals surface area contributed by atoms with Crippen LogP contribution in [-0.2, 0) is 0 Å². The molecular formula is C18H29ClN2. The van der Waals surface area contributed by atoms with Crippen molar-refractivity contribution in [2.45, 2.75) is 45.1 Å². The SMILES string of the molecule is CCCC1CCN(CCC(NC)c2cccc(Cl)c2)CC1. The third-order valence-corrected chi connectivity index (χ3v) is 4.97. The van der Waals surface area contributed by atoms with Gasteiger partial charge >= 0.3 is 0 Å². The van der Waals surface area contributed by atoms with Gasteiger partial charge in [0.15, 0.2) is 0 Å². The zero-order chi connectivity index (χ0) is 15.1. The molecule has 0 spiro atoms. The Labute approximate surface area is 134 Å². The molecule has 21 heavy (non-hydrogen) atoms. The van der Waals surface area contributed by atoms with Crippen LogP contribution in [-0.4, -0.2) is 31.6 Å². The van der Waals surface area contributed by atoms with E-state index in [0.29, 0.717) is 6.04 Å². The largest absolute Gasteiger partial charge is 0.313 e. The molecule has 1 heterocycles. The van der Waals surface area contributed by atoms with Crippen LogP contribution in [0.4, 0.5) is 0 Å². The highest BCUT2D eigenvalue weighted by molar-refractivity contribution is 6.30. The molecule has 0 radical (unpaired) electrons. The van der Waals surface area contributed by atoms with Gasteiger partial charge in [-0.2, -0.15) is 0 Å². The van der Waals surface area contributed by atoms with Crippen molar-refractivity contribution in [1.82, 2.24) is 10.2 Å². The number of nitrogens with zero attached hydrogens (tertiary/aromatic N) is 1. The number of nitrogens with one attached hydrogen (secondary N) is 1. The van der Waals surface area contributed by atoms with Crippen LogP contribution in [0.25, 0.3) is 0 Å². The van der Waals surface area contributed by atoms with Crippen molar-refractivity contribution in [2.24, 2.45) is 5.92 Å². The molecule has 118 valence electrons. The predicted molar refractivity (Wildman–Crippen MR) is 91.9 cm³/mol. The number of piperidine rings is 1. The van der Waals surface area contributed by atoms with Gasteiger partial charge in [-0.15, -0.1) is 0 Å². The summed E-state index contributed by atoms with van der Waals surface area (Å²) in [6.07, 6.45) is 6.66. The lowest BCUT2D eigenvalue weighted by Gasteiger charge is -2.32. The summed E-state index contributed by atoms with van der Waals surface area (Å²) in [7, 11) is 2.04. The van der Waals surface area contributed by atoms with Crippen molar-refractivity contribution in [1.29, 1.82) is 0 Å². The number of halogens is 1. The van der Waals surface area contributed by atoms with Crippen molar-refractivity contribution < 1.29 is 0 Å². The summed E-state index contributed by atoms with van der Waals surface area (Å²) in [5.74, 6) is 0.972. The van der Waals surface area contributed by atoms with Gasteiger partial charge in [0.05, 0.1) is 0 Å². The van der Waals surface area contributed by atoms with E-state index in [0.717, 1.165) is 17.4 Å². The van der Waals surface area contributed by atoms with E-state index in [1.165, 1.54) is 50.9 Å². The quantitative estimate of drug-likeness (QED) is 0.797. The molecule has 2 nitrogen and oxygen atoms in total. The van der Waals surface area contributed by atoms with Crippen molar-refractivity contribution in [3.05, 3.63) is 34.9 Å². The van der Waals surface area contributed by atoms with Gasteiger partial charge in [0, 0.05) is 11.1 Å². The summed E-state index contributed by atoms with van der Waals surface area (Å²) in [6.45, 7) is 6.03. The van der Waals surface area contributed by atoms with E-state index in [4.69, 9.17) is 11.6 Å². The van der Waals surface area contributed by atoms with E-state index in [1.54, 1.807) is 0 Å². The molecule has 1 aromatic carbocycles. The van der Waals surface area contributed by atoms with Crippen molar-refractivity contribution >= 4 is 11.6 Å². The minimum absolute atomic E-state index is 0.400. The van der Waals surface area contributed by atoms with Crippen LogP contribution < -0.4 is 5.32 Å². The highest BCUT2D eigenvalue weighted by Gasteiger charge is 2.19. The number of rotatable bonds is 7. The summed E-state index contributed by atoms with van der Waals surface area (Å²) in [5.41, 5.74) is 1.30. The Balaban J connectivity index is 1.79. The van der Waals surface area contributed by atoms with E-state index in [-0.39, 0.29) is 0 Å². The average molecular weight is 309 g/mol. The van der Waals surface area contributed by atoms with Crippen LogP contribution in [0.1, 0.15) is 50.6 Å². The zero-order valence-electron chi connectivity index (χ0n) is 13.4. The Morgan fingerprint density at radius 2 is 2.10 bits per heavy atom. The third kappa shape index (κ3) is 5.28. The molecule has 0 aromatic heterocycles. The van der Waals surface area contributed by atoms with Crippen molar-refractivity contribution in [3.8, 4) is 0 Å². The van der Waals surface area contributed by atoms with Gasteiger partial charge in [-0.05, 0) is 69.6 Å². The monoisotopic (exact) mass is 308 g/mol. The molecule has 0 saturated carbocycles. The van der Waals surface area contributed by atoms with Crippen LogP contribution in [0.15, 0.2) is 24.3 Å². The first kappa shape index (κ1) is 16.8. The molecule has 0 aliphatic carbocycles. The summed E-state index contributed by atoms with van der Waals surface area (Å²) < 4.78 is 0. The summed E-state index contributed by atoms with van der Waals surface area (Å²) >= 11 is 6.10. The molecule has 1 N–H and O–H groups in total. The van der Waals surface area contributed by atoms with Crippen LogP contribution in [0.2, 0.25) is 5.02 Å². The molecule has 1 atom stereocenters. The van der Waals surface area contributed by atoms with Crippen LogP contribution in [0, 0.1) is 5.92 Å². The fourth-order valence-electron chi connectivity index (χ4n) is 3.42. The van der Waals surface area contributed by atoms with E-state index in [2.05, 4.69) is 29.3 Å². The van der Waals surface area contributed by atoms with Gasteiger partial charge in [-0.1, -0.05) is 43.5 Å². The maximum atomic E-state index is 6.10. The van der Waals surface area contributed by atoms with Crippen LogP contribution >= 0.6 is 11.6 Å². The second-order valence-electron chi connectivity index (χ2n) is 6.26. The fourth-order valence-corrected chi connectivity index (χ4v) is 3.62. The van der Waals surface area contributed by atoms with Crippen LogP contribution in [0.3, 0.4) is 0 Å². The number of likely N-dealkylation sites (tertiary alicyclic amines) is 1. The number of hydrogen-bond acceptors (Lipinski definition) is 2. The molecule has 3 heteroatoms. The lowest BCUT2D eigenvalue weighted by atomic mass is 9.92. The summed E-state index contributed by atoms with van der Waals surface area (Å²) in [6, 6.07) is 8.63. The maximum absolute atomic E-state index is 6.10.